The van der Waals surface area contributed by atoms with Gasteiger partial charge >= 0.3 is 5.97 Å². The fraction of sp³-hybridized carbons (Fsp3) is 0.0833. The highest BCUT2D eigenvalue weighted by Crippen LogP contribution is 2.21. The van der Waals surface area contributed by atoms with Gasteiger partial charge in [0.1, 0.15) is 12.3 Å². The normalized spacial score (nSPS) is 10.2. The molecule has 0 aliphatic rings. The molecule has 0 aliphatic heterocycles. The maximum atomic E-state index is 11.5. The molecule has 0 saturated heterocycles. The van der Waals surface area contributed by atoms with Crippen LogP contribution in [0.2, 0.25) is 10.0 Å². The standard InChI is InChI=1S/C12H9Cl2NO2/c13-9-4-3-8(10(14)6-9)7-17-12(16)11-2-1-5-15-11/h1-6,15H,7H2. The molecular formula is C12H9Cl2NO2. The Morgan fingerprint density at radius 1 is 1.29 bits per heavy atom. The first-order valence-electron chi connectivity index (χ1n) is 4.91. The highest BCUT2D eigenvalue weighted by atomic mass is 35.5. The number of rotatable bonds is 3. The summed E-state index contributed by atoms with van der Waals surface area (Å²) in [4.78, 5) is 14.3. The number of esters is 1. The Bertz CT molecular complexity index is 523. The van der Waals surface area contributed by atoms with Crippen LogP contribution in [-0.4, -0.2) is 11.0 Å². The van der Waals surface area contributed by atoms with Crippen LogP contribution in [0.25, 0.3) is 0 Å². The van der Waals surface area contributed by atoms with E-state index in [9.17, 15) is 4.79 Å². The van der Waals surface area contributed by atoms with E-state index >= 15 is 0 Å². The van der Waals surface area contributed by atoms with E-state index < -0.39 is 5.97 Å². The van der Waals surface area contributed by atoms with Gasteiger partial charge in [-0.15, -0.1) is 0 Å². The zero-order valence-electron chi connectivity index (χ0n) is 8.74. The van der Waals surface area contributed by atoms with Crippen molar-refractivity contribution in [3.8, 4) is 0 Å². The number of benzene rings is 1. The van der Waals surface area contributed by atoms with Gasteiger partial charge in [-0.25, -0.2) is 4.79 Å². The van der Waals surface area contributed by atoms with Crippen molar-refractivity contribution in [2.24, 2.45) is 0 Å². The molecule has 0 spiro atoms. The second-order valence-corrected chi connectivity index (χ2v) is 4.24. The van der Waals surface area contributed by atoms with Crippen LogP contribution in [0.5, 0.6) is 0 Å². The average Bonchev–Trinajstić information content (AvgIpc) is 2.81. The summed E-state index contributed by atoms with van der Waals surface area (Å²) in [6.07, 6.45) is 1.66. The van der Waals surface area contributed by atoms with Gasteiger partial charge in [-0.2, -0.15) is 0 Å². The van der Waals surface area contributed by atoms with Crippen molar-refractivity contribution >= 4 is 29.2 Å². The van der Waals surface area contributed by atoms with Gasteiger partial charge in [0.25, 0.3) is 0 Å². The summed E-state index contributed by atoms with van der Waals surface area (Å²) < 4.78 is 5.10. The smallest absolute Gasteiger partial charge is 0.355 e. The Balaban J connectivity index is 2.01. The third-order valence-corrected chi connectivity index (χ3v) is 2.78. The lowest BCUT2D eigenvalue weighted by Crippen LogP contribution is -2.05. The van der Waals surface area contributed by atoms with Crippen LogP contribution in [0.3, 0.4) is 0 Å². The third kappa shape index (κ3) is 3.02. The first-order chi connectivity index (χ1) is 8.16. The molecule has 1 aromatic carbocycles. The lowest BCUT2D eigenvalue weighted by atomic mass is 10.2. The summed E-state index contributed by atoms with van der Waals surface area (Å²) in [5.74, 6) is -0.416. The molecule has 2 aromatic rings. The van der Waals surface area contributed by atoms with Gasteiger partial charge in [0, 0.05) is 21.8 Å². The molecule has 0 unspecified atom stereocenters. The molecule has 0 fully saturated rings. The number of nitrogens with one attached hydrogen (secondary N) is 1. The topological polar surface area (TPSA) is 42.1 Å². The summed E-state index contributed by atoms with van der Waals surface area (Å²) in [6.45, 7) is 0.119. The minimum absolute atomic E-state index is 0.119. The Morgan fingerprint density at radius 2 is 2.12 bits per heavy atom. The van der Waals surface area contributed by atoms with E-state index in [1.54, 1.807) is 36.5 Å². The van der Waals surface area contributed by atoms with Gasteiger partial charge in [0.2, 0.25) is 0 Å². The van der Waals surface area contributed by atoms with E-state index in [1.165, 1.54) is 0 Å². The average molecular weight is 270 g/mol. The number of hydrogen-bond acceptors (Lipinski definition) is 2. The van der Waals surface area contributed by atoms with Crippen LogP contribution in [0, 0.1) is 0 Å². The van der Waals surface area contributed by atoms with E-state index in [2.05, 4.69) is 4.98 Å². The van der Waals surface area contributed by atoms with Crippen LogP contribution in [0.15, 0.2) is 36.5 Å². The Kier molecular flexibility index (Phi) is 3.71. The van der Waals surface area contributed by atoms with Crippen molar-refractivity contribution in [1.82, 2.24) is 4.98 Å². The van der Waals surface area contributed by atoms with Crippen molar-refractivity contribution in [1.29, 1.82) is 0 Å². The second-order valence-electron chi connectivity index (χ2n) is 3.40. The molecule has 2 rings (SSSR count). The quantitative estimate of drug-likeness (QED) is 0.864. The van der Waals surface area contributed by atoms with Crippen LogP contribution < -0.4 is 0 Å². The minimum Gasteiger partial charge on any atom is -0.456 e. The molecule has 0 atom stereocenters. The predicted octanol–water partition coefficient (Wildman–Crippen LogP) is 3.68. The van der Waals surface area contributed by atoms with Crippen molar-refractivity contribution in [2.75, 3.05) is 0 Å². The van der Waals surface area contributed by atoms with Crippen molar-refractivity contribution in [3.05, 3.63) is 57.8 Å². The van der Waals surface area contributed by atoms with Crippen molar-refractivity contribution in [3.63, 3.8) is 0 Å². The summed E-state index contributed by atoms with van der Waals surface area (Å²) in [6, 6.07) is 8.41. The van der Waals surface area contributed by atoms with Gasteiger partial charge in [-0.05, 0) is 24.3 Å². The van der Waals surface area contributed by atoms with Crippen LogP contribution in [0.4, 0.5) is 0 Å². The molecule has 0 saturated carbocycles. The molecule has 1 aromatic heterocycles. The third-order valence-electron chi connectivity index (χ3n) is 2.19. The second kappa shape index (κ2) is 5.25. The number of ether oxygens (including phenoxy) is 1. The maximum absolute atomic E-state index is 11.5. The lowest BCUT2D eigenvalue weighted by molar-refractivity contribution is 0.0467. The molecule has 0 bridgehead atoms. The summed E-state index contributed by atoms with van der Waals surface area (Å²) in [5, 5.41) is 1.03. The number of carbonyl (C=O) groups excluding carboxylic acids is 1. The monoisotopic (exact) mass is 269 g/mol. The first-order valence-corrected chi connectivity index (χ1v) is 5.67. The molecule has 0 radical (unpaired) electrons. The van der Waals surface area contributed by atoms with Gasteiger partial charge in [0.05, 0.1) is 0 Å². The first kappa shape index (κ1) is 12.0. The largest absolute Gasteiger partial charge is 0.456 e. The van der Waals surface area contributed by atoms with Crippen molar-refractivity contribution < 1.29 is 9.53 Å². The van der Waals surface area contributed by atoms with E-state index in [4.69, 9.17) is 27.9 Å². The summed E-state index contributed by atoms with van der Waals surface area (Å²) in [7, 11) is 0. The molecular weight excluding hydrogens is 261 g/mol. The number of carbonyl (C=O) groups is 1. The van der Waals surface area contributed by atoms with E-state index in [-0.39, 0.29) is 6.61 Å². The summed E-state index contributed by atoms with van der Waals surface area (Å²) >= 11 is 11.7. The Labute approximate surface area is 108 Å². The Hall–Kier alpha value is -1.45. The molecule has 0 amide bonds. The number of H-pyrrole nitrogens is 1. The SMILES string of the molecule is O=C(OCc1ccc(Cl)cc1Cl)c1ccc[nH]1. The molecule has 5 heteroatoms. The minimum atomic E-state index is -0.416. The van der Waals surface area contributed by atoms with E-state index in [1.807, 2.05) is 0 Å². The summed E-state index contributed by atoms with van der Waals surface area (Å²) in [5.41, 5.74) is 1.13. The highest BCUT2D eigenvalue weighted by molar-refractivity contribution is 6.35. The van der Waals surface area contributed by atoms with E-state index in [0.717, 1.165) is 5.56 Å². The zero-order valence-corrected chi connectivity index (χ0v) is 10.3. The highest BCUT2D eigenvalue weighted by Gasteiger charge is 2.09. The van der Waals surface area contributed by atoms with Crippen molar-refractivity contribution in [2.45, 2.75) is 6.61 Å². The molecule has 1 N–H and O–H groups in total. The zero-order chi connectivity index (χ0) is 12.3. The van der Waals surface area contributed by atoms with Crippen LogP contribution in [0.1, 0.15) is 16.1 Å². The molecule has 88 valence electrons. The number of halogens is 2. The van der Waals surface area contributed by atoms with Gasteiger partial charge in [-0.1, -0.05) is 29.3 Å². The van der Waals surface area contributed by atoms with Gasteiger partial charge < -0.3 is 9.72 Å². The maximum Gasteiger partial charge on any atom is 0.355 e. The molecule has 0 aliphatic carbocycles. The Morgan fingerprint density at radius 3 is 2.76 bits per heavy atom. The number of aromatic amines is 1. The molecule has 17 heavy (non-hydrogen) atoms. The van der Waals surface area contributed by atoms with E-state index in [0.29, 0.717) is 15.7 Å². The fourth-order valence-corrected chi connectivity index (χ4v) is 1.78. The van der Waals surface area contributed by atoms with Gasteiger partial charge in [0.15, 0.2) is 0 Å². The molecule has 1 heterocycles. The molecule has 3 nitrogen and oxygen atoms in total. The number of hydrogen-bond donors (Lipinski definition) is 1. The predicted molar refractivity (Wildman–Crippen MR) is 66.4 cm³/mol. The fourth-order valence-electron chi connectivity index (χ4n) is 1.32. The van der Waals surface area contributed by atoms with Crippen LogP contribution in [-0.2, 0) is 11.3 Å². The van der Waals surface area contributed by atoms with Gasteiger partial charge in [-0.3, -0.25) is 0 Å². The van der Waals surface area contributed by atoms with Crippen LogP contribution >= 0.6 is 23.2 Å². The lowest BCUT2D eigenvalue weighted by Gasteiger charge is -2.05. The number of aromatic nitrogens is 1.